The van der Waals surface area contributed by atoms with Crippen molar-refractivity contribution in [2.75, 3.05) is 7.11 Å². The number of ether oxygens (including phenoxy) is 1. The normalized spacial score (nSPS) is 8.69. The number of nitrogens with zero attached hydrogens (tertiary/aromatic N) is 1. The lowest BCUT2D eigenvalue weighted by Crippen LogP contribution is -1.88. The standard InChI is InChI=1S/C7H7NO4.H3N/c1-12-7-3-2-5(8(10)11)4-6(7)9;/h2-4,9H,1H3;1H3. The molecule has 0 heterocycles. The zero-order valence-corrected chi connectivity index (χ0v) is 7.06. The van der Waals surface area contributed by atoms with Crippen molar-refractivity contribution in [3.63, 3.8) is 0 Å². The van der Waals surface area contributed by atoms with Gasteiger partial charge in [0.15, 0.2) is 11.5 Å². The summed E-state index contributed by atoms with van der Waals surface area (Å²) < 4.78 is 4.71. The third-order valence-electron chi connectivity index (χ3n) is 1.37. The zero-order valence-electron chi connectivity index (χ0n) is 7.06. The summed E-state index contributed by atoms with van der Waals surface area (Å²) in [6.45, 7) is 0. The van der Waals surface area contributed by atoms with Gasteiger partial charge in [0.1, 0.15) is 0 Å². The highest BCUT2D eigenvalue weighted by molar-refractivity contribution is 5.47. The first-order valence-electron chi connectivity index (χ1n) is 3.16. The van der Waals surface area contributed by atoms with Gasteiger partial charge in [-0.2, -0.15) is 0 Å². The Bertz CT molecular complexity index is 313. The summed E-state index contributed by atoms with van der Waals surface area (Å²) in [5.41, 5.74) is -0.159. The lowest BCUT2D eigenvalue weighted by Gasteiger charge is -2.00. The Labute approximate surface area is 74.5 Å². The molecule has 6 nitrogen and oxygen atoms in total. The summed E-state index contributed by atoms with van der Waals surface area (Å²) in [7, 11) is 1.38. The largest absolute Gasteiger partial charge is 0.504 e. The van der Waals surface area contributed by atoms with Crippen LogP contribution >= 0.6 is 0 Å². The maximum atomic E-state index is 10.2. The van der Waals surface area contributed by atoms with E-state index in [1.165, 1.54) is 19.2 Å². The van der Waals surface area contributed by atoms with Gasteiger partial charge in [-0.25, -0.2) is 0 Å². The van der Waals surface area contributed by atoms with Crippen LogP contribution in [0.1, 0.15) is 0 Å². The predicted octanol–water partition coefficient (Wildman–Crippen LogP) is 1.47. The van der Waals surface area contributed by atoms with Crippen LogP contribution in [0.3, 0.4) is 0 Å². The first-order valence-corrected chi connectivity index (χ1v) is 3.16. The van der Waals surface area contributed by atoms with E-state index < -0.39 is 4.92 Å². The number of phenolic OH excluding ortho intramolecular Hbond substituents is 1. The van der Waals surface area contributed by atoms with Gasteiger partial charge in [-0.3, -0.25) is 10.1 Å². The van der Waals surface area contributed by atoms with Crippen LogP contribution in [-0.2, 0) is 0 Å². The second kappa shape index (κ2) is 4.27. The quantitative estimate of drug-likeness (QED) is 0.537. The summed E-state index contributed by atoms with van der Waals surface area (Å²) in [4.78, 5) is 9.62. The Morgan fingerprint density at radius 2 is 2.15 bits per heavy atom. The van der Waals surface area contributed by atoms with E-state index in [1.54, 1.807) is 0 Å². The maximum absolute atomic E-state index is 10.2. The molecule has 0 aliphatic carbocycles. The molecule has 0 saturated carbocycles. The number of hydrogen-bond acceptors (Lipinski definition) is 5. The summed E-state index contributed by atoms with van der Waals surface area (Å²) in [5.74, 6) is -0.00713. The Morgan fingerprint density at radius 1 is 1.54 bits per heavy atom. The van der Waals surface area contributed by atoms with E-state index in [-0.39, 0.29) is 23.3 Å². The molecule has 0 aliphatic rings. The van der Waals surface area contributed by atoms with Crippen LogP contribution in [0.2, 0.25) is 0 Å². The summed E-state index contributed by atoms with van der Waals surface area (Å²) in [6.07, 6.45) is 0. The highest BCUT2D eigenvalue weighted by atomic mass is 16.6. The van der Waals surface area contributed by atoms with Crippen molar-refractivity contribution in [1.29, 1.82) is 0 Å². The minimum atomic E-state index is -0.584. The van der Waals surface area contributed by atoms with E-state index in [0.717, 1.165) is 6.07 Å². The van der Waals surface area contributed by atoms with Gasteiger partial charge in [-0.1, -0.05) is 0 Å². The number of hydrogen-bond donors (Lipinski definition) is 2. The van der Waals surface area contributed by atoms with E-state index in [1.807, 2.05) is 0 Å². The van der Waals surface area contributed by atoms with Crippen LogP contribution in [-0.4, -0.2) is 17.1 Å². The number of nitro benzene ring substituents is 1. The van der Waals surface area contributed by atoms with Gasteiger partial charge >= 0.3 is 0 Å². The molecule has 0 radical (unpaired) electrons. The highest BCUT2D eigenvalue weighted by Crippen LogP contribution is 2.29. The monoisotopic (exact) mass is 186 g/mol. The highest BCUT2D eigenvalue weighted by Gasteiger charge is 2.09. The van der Waals surface area contributed by atoms with Gasteiger partial charge in [0.05, 0.1) is 18.1 Å². The summed E-state index contributed by atoms with van der Waals surface area (Å²) in [6, 6.07) is 3.64. The molecule has 0 atom stereocenters. The van der Waals surface area contributed by atoms with Gasteiger partial charge in [0.25, 0.3) is 5.69 Å². The molecule has 1 aromatic rings. The number of non-ortho nitro benzene ring substituents is 1. The fraction of sp³-hybridized carbons (Fsp3) is 0.143. The Kier molecular flexibility index (Phi) is 3.67. The van der Waals surface area contributed by atoms with Gasteiger partial charge in [0, 0.05) is 6.07 Å². The van der Waals surface area contributed by atoms with Crippen LogP contribution in [0.5, 0.6) is 11.5 Å². The van der Waals surface area contributed by atoms with Gasteiger partial charge in [0.2, 0.25) is 0 Å². The lowest BCUT2D eigenvalue weighted by molar-refractivity contribution is -0.385. The second-order valence-corrected chi connectivity index (χ2v) is 2.11. The number of nitro groups is 1. The Morgan fingerprint density at radius 3 is 2.54 bits per heavy atom. The molecule has 1 rings (SSSR count). The van der Waals surface area contributed by atoms with Gasteiger partial charge in [-0.05, 0) is 6.07 Å². The number of rotatable bonds is 2. The van der Waals surface area contributed by atoms with Gasteiger partial charge < -0.3 is 16.0 Å². The molecule has 13 heavy (non-hydrogen) atoms. The molecule has 0 unspecified atom stereocenters. The molecule has 0 fully saturated rings. The zero-order chi connectivity index (χ0) is 9.14. The van der Waals surface area contributed by atoms with Crippen LogP contribution < -0.4 is 10.9 Å². The Balaban J connectivity index is 0.00000144. The third-order valence-corrected chi connectivity index (χ3v) is 1.37. The summed E-state index contributed by atoms with van der Waals surface area (Å²) >= 11 is 0. The van der Waals surface area contributed by atoms with E-state index in [2.05, 4.69) is 0 Å². The molecular weight excluding hydrogens is 176 g/mol. The lowest BCUT2D eigenvalue weighted by atomic mass is 10.3. The number of aromatic hydroxyl groups is 1. The van der Waals surface area contributed by atoms with Crippen molar-refractivity contribution in [2.45, 2.75) is 0 Å². The van der Waals surface area contributed by atoms with Crippen LogP contribution in [0.4, 0.5) is 5.69 Å². The van der Waals surface area contributed by atoms with Gasteiger partial charge in [-0.15, -0.1) is 0 Å². The molecule has 1 aromatic carbocycles. The van der Waals surface area contributed by atoms with E-state index in [4.69, 9.17) is 9.84 Å². The molecule has 0 spiro atoms. The molecule has 72 valence electrons. The van der Waals surface area contributed by atoms with Crippen molar-refractivity contribution in [3.05, 3.63) is 28.3 Å². The minimum absolute atomic E-state index is 0. The maximum Gasteiger partial charge on any atom is 0.273 e. The van der Waals surface area contributed by atoms with Crippen molar-refractivity contribution < 1.29 is 14.8 Å². The third kappa shape index (κ3) is 2.31. The predicted molar refractivity (Wildman–Crippen MR) is 46.3 cm³/mol. The van der Waals surface area contributed by atoms with Crippen molar-refractivity contribution >= 4 is 5.69 Å². The van der Waals surface area contributed by atoms with Crippen LogP contribution in [0.15, 0.2) is 18.2 Å². The van der Waals surface area contributed by atoms with Crippen molar-refractivity contribution in [2.24, 2.45) is 0 Å². The fourth-order valence-electron chi connectivity index (χ4n) is 0.792. The van der Waals surface area contributed by atoms with E-state index >= 15 is 0 Å². The molecule has 0 aromatic heterocycles. The molecule has 0 amide bonds. The minimum Gasteiger partial charge on any atom is -0.504 e. The Hall–Kier alpha value is -1.82. The number of benzene rings is 1. The van der Waals surface area contributed by atoms with Crippen molar-refractivity contribution in [3.8, 4) is 11.5 Å². The molecule has 4 N–H and O–H groups in total. The smallest absolute Gasteiger partial charge is 0.273 e. The molecule has 0 aliphatic heterocycles. The number of methoxy groups -OCH3 is 1. The average Bonchev–Trinajstić information content (AvgIpc) is 2.04. The van der Waals surface area contributed by atoms with E-state index in [0.29, 0.717) is 0 Å². The topological polar surface area (TPSA) is 108 Å². The first kappa shape index (κ1) is 11.2. The SMILES string of the molecule is COc1ccc([N+](=O)[O-])cc1O.N. The fourth-order valence-corrected chi connectivity index (χ4v) is 0.792. The molecule has 0 bridgehead atoms. The molecule has 0 saturated heterocycles. The average molecular weight is 186 g/mol. The van der Waals surface area contributed by atoms with Crippen molar-refractivity contribution in [1.82, 2.24) is 6.15 Å². The second-order valence-electron chi connectivity index (χ2n) is 2.11. The summed E-state index contributed by atoms with van der Waals surface area (Å²) in [5, 5.41) is 19.3. The van der Waals surface area contributed by atoms with Crippen LogP contribution in [0, 0.1) is 10.1 Å². The van der Waals surface area contributed by atoms with E-state index in [9.17, 15) is 10.1 Å². The van der Waals surface area contributed by atoms with Crippen LogP contribution in [0.25, 0.3) is 0 Å². The molecular formula is C7H10N2O4. The molecule has 6 heteroatoms. The number of phenols is 1. The first-order chi connectivity index (χ1) is 5.65.